The molecular weight excluding hydrogens is 227 g/mol. The van der Waals surface area contributed by atoms with E-state index in [0.717, 1.165) is 15.5 Å². The maximum Gasteiger partial charge on any atom is 0.138 e. The molecule has 2 heterocycles. The Morgan fingerprint density at radius 1 is 1.45 bits per heavy atom. The number of aromatic amines is 1. The van der Waals surface area contributed by atoms with Gasteiger partial charge in [-0.15, -0.1) is 0 Å². The topological polar surface area (TPSA) is 28.7 Å². The lowest BCUT2D eigenvalue weighted by atomic mass is 10.3. The molecule has 0 saturated heterocycles. The van der Waals surface area contributed by atoms with Crippen LogP contribution in [0.2, 0.25) is 5.15 Å². The van der Waals surface area contributed by atoms with Gasteiger partial charge in [-0.1, -0.05) is 11.6 Å². The van der Waals surface area contributed by atoms with Crippen molar-refractivity contribution in [3.63, 3.8) is 0 Å². The predicted molar refractivity (Wildman–Crippen MR) is 48.8 cm³/mol. The normalized spacial score (nSPS) is 10.7. The molecule has 2 nitrogen and oxygen atoms in total. The van der Waals surface area contributed by atoms with E-state index in [4.69, 9.17) is 11.6 Å². The molecule has 2 aromatic heterocycles. The Kier molecular flexibility index (Phi) is 1.62. The molecule has 0 unspecified atom stereocenters. The highest BCUT2D eigenvalue weighted by Gasteiger charge is 1.98. The third-order valence-electron chi connectivity index (χ3n) is 1.40. The van der Waals surface area contributed by atoms with Crippen molar-refractivity contribution in [1.82, 2.24) is 9.97 Å². The van der Waals surface area contributed by atoms with E-state index in [9.17, 15) is 0 Å². The molecular formula is C7H4BrClN2. The van der Waals surface area contributed by atoms with Gasteiger partial charge >= 0.3 is 0 Å². The molecule has 0 amide bonds. The Balaban J connectivity index is 2.82. The van der Waals surface area contributed by atoms with Crippen LogP contribution in [0.5, 0.6) is 0 Å². The molecule has 56 valence electrons. The minimum absolute atomic E-state index is 0.616. The average molecular weight is 231 g/mol. The largest absolute Gasteiger partial charge is 0.330 e. The Bertz CT molecular complexity index is 396. The molecule has 2 aromatic rings. The number of aromatic nitrogens is 2. The van der Waals surface area contributed by atoms with E-state index in [1.165, 1.54) is 0 Å². The van der Waals surface area contributed by atoms with Crippen LogP contribution in [0.4, 0.5) is 0 Å². The van der Waals surface area contributed by atoms with E-state index in [2.05, 4.69) is 25.9 Å². The lowest BCUT2D eigenvalue weighted by molar-refractivity contribution is 1.31. The second-order valence-corrected chi connectivity index (χ2v) is 3.53. The van der Waals surface area contributed by atoms with E-state index in [-0.39, 0.29) is 0 Å². The molecule has 0 aliphatic carbocycles. The van der Waals surface area contributed by atoms with Crippen molar-refractivity contribution < 1.29 is 0 Å². The van der Waals surface area contributed by atoms with Crippen molar-refractivity contribution in [2.75, 3.05) is 0 Å². The summed E-state index contributed by atoms with van der Waals surface area (Å²) in [5.41, 5.74) is 0.818. The SMILES string of the molecule is Clc1cc2cc(Br)cnc2[nH]1. The van der Waals surface area contributed by atoms with Crippen LogP contribution in [-0.4, -0.2) is 9.97 Å². The third kappa shape index (κ3) is 1.26. The maximum absolute atomic E-state index is 5.72. The van der Waals surface area contributed by atoms with Crippen LogP contribution >= 0.6 is 27.5 Å². The zero-order valence-corrected chi connectivity index (χ0v) is 7.78. The monoisotopic (exact) mass is 230 g/mol. The summed E-state index contributed by atoms with van der Waals surface area (Å²) >= 11 is 9.05. The molecule has 0 aromatic carbocycles. The van der Waals surface area contributed by atoms with Gasteiger partial charge in [0.25, 0.3) is 0 Å². The molecule has 0 aliphatic rings. The summed E-state index contributed by atoms with van der Waals surface area (Å²) in [6, 6.07) is 3.80. The Morgan fingerprint density at radius 3 is 3.09 bits per heavy atom. The van der Waals surface area contributed by atoms with Crippen LogP contribution in [0.25, 0.3) is 11.0 Å². The third-order valence-corrected chi connectivity index (χ3v) is 2.04. The average Bonchev–Trinajstić information content (AvgIpc) is 2.27. The van der Waals surface area contributed by atoms with Crippen molar-refractivity contribution in [2.24, 2.45) is 0 Å². The molecule has 4 heteroatoms. The highest BCUT2D eigenvalue weighted by molar-refractivity contribution is 9.10. The van der Waals surface area contributed by atoms with Gasteiger partial charge in [0.2, 0.25) is 0 Å². The van der Waals surface area contributed by atoms with Crippen LogP contribution in [0.15, 0.2) is 22.8 Å². The number of H-pyrrole nitrogens is 1. The fraction of sp³-hybridized carbons (Fsp3) is 0. The zero-order valence-electron chi connectivity index (χ0n) is 5.44. The summed E-state index contributed by atoms with van der Waals surface area (Å²) in [5, 5.41) is 1.63. The fourth-order valence-electron chi connectivity index (χ4n) is 0.955. The van der Waals surface area contributed by atoms with Crippen molar-refractivity contribution in [1.29, 1.82) is 0 Å². The number of rotatable bonds is 0. The van der Waals surface area contributed by atoms with E-state index in [1.54, 1.807) is 6.20 Å². The van der Waals surface area contributed by atoms with Crippen LogP contribution in [0.1, 0.15) is 0 Å². The van der Waals surface area contributed by atoms with Crippen molar-refractivity contribution >= 4 is 38.6 Å². The first-order valence-corrected chi connectivity index (χ1v) is 4.22. The summed E-state index contributed by atoms with van der Waals surface area (Å²) in [6.45, 7) is 0. The Hall–Kier alpha value is -0.540. The zero-order chi connectivity index (χ0) is 7.84. The molecule has 0 fully saturated rings. The molecule has 0 bridgehead atoms. The fourth-order valence-corrected chi connectivity index (χ4v) is 1.51. The van der Waals surface area contributed by atoms with Gasteiger partial charge in [-0.3, -0.25) is 0 Å². The van der Waals surface area contributed by atoms with E-state index in [1.807, 2.05) is 12.1 Å². The second-order valence-electron chi connectivity index (χ2n) is 2.21. The maximum atomic E-state index is 5.72. The number of fused-ring (bicyclic) bond motifs is 1. The Labute approximate surface area is 76.7 Å². The number of pyridine rings is 1. The molecule has 0 radical (unpaired) electrons. The Morgan fingerprint density at radius 2 is 2.27 bits per heavy atom. The van der Waals surface area contributed by atoms with Gasteiger partial charge in [-0.25, -0.2) is 4.98 Å². The molecule has 1 N–H and O–H groups in total. The van der Waals surface area contributed by atoms with Gasteiger partial charge in [0.1, 0.15) is 10.8 Å². The molecule has 0 spiro atoms. The van der Waals surface area contributed by atoms with Gasteiger partial charge in [0, 0.05) is 16.1 Å². The lowest BCUT2D eigenvalue weighted by Gasteiger charge is -1.87. The number of nitrogens with one attached hydrogen (secondary N) is 1. The number of hydrogen-bond acceptors (Lipinski definition) is 1. The molecule has 2 rings (SSSR count). The first-order valence-electron chi connectivity index (χ1n) is 3.05. The summed E-state index contributed by atoms with van der Waals surface area (Å²) in [4.78, 5) is 7.03. The molecule has 11 heavy (non-hydrogen) atoms. The van der Waals surface area contributed by atoms with Crippen molar-refractivity contribution in [3.8, 4) is 0 Å². The van der Waals surface area contributed by atoms with Crippen LogP contribution in [-0.2, 0) is 0 Å². The van der Waals surface area contributed by atoms with Crippen LogP contribution in [0, 0.1) is 0 Å². The highest BCUT2D eigenvalue weighted by atomic mass is 79.9. The molecule has 0 atom stereocenters. The summed E-state index contributed by atoms with van der Waals surface area (Å²) in [7, 11) is 0. The molecule has 0 aliphatic heterocycles. The summed E-state index contributed by atoms with van der Waals surface area (Å²) in [5.74, 6) is 0. The quantitative estimate of drug-likeness (QED) is 0.742. The summed E-state index contributed by atoms with van der Waals surface area (Å²) in [6.07, 6.45) is 1.73. The van der Waals surface area contributed by atoms with Crippen molar-refractivity contribution in [3.05, 3.63) is 28.0 Å². The van der Waals surface area contributed by atoms with E-state index >= 15 is 0 Å². The van der Waals surface area contributed by atoms with Crippen LogP contribution in [0.3, 0.4) is 0 Å². The van der Waals surface area contributed by atoms with Gasteiger partial charge in [0.15, 0.2) is 0 Å². The van der Waals surface area contributed by atoms with Gasteiger partial charge in [-0.2, -0.15) is 0 Å². The number of hydrogen-bond donors (Lipinski definition) is 1. The minimum atomic E-state index is 0.616. The van der Waals surface area contributed by atoms with Crippen molar-refractivity contribution in [2.45, 2.75) is 0 Å². The first kappa shape index (κ1) is 7.13. The first-order chi connectivity index (χ1) is 5.25. The lowest BCUT2D eigenvalue weighted by Crippen LogP contribution is -1.73. The van der Waals surface area contributed by atoms with E-state index in [0.29, 0.717) is 5.15 Å². The van der Waals surface area contributed by atoms with E-state index < -0.39 is 0 Å². The van der Waals surface area contributed by atoms with Gasteiger partial charge in [-0.05, 0) is 28.1 Å². The summed E-state index contributed by atoms with van der Waals surface area (Å²) < 4.78 is 0.959. The molecule has 0 saturated carbocycles. The van der Waals surface area contributed by atoms with Gasteiger partial charge < -0.3 is 4.98 Å². The minimum Gasteiger partial charge on any atom is -0.330 e. The van der Waals surface area contributed by atoms with Crippen LogP contribution < -0.4 is 0 Å². The predicted octanol–water partition coefficient (Wildman–Crippen LogP) is 2.98. The number of nitrogens with zero attached hydrogens (tertiary/aromatic N) is 1. The van der Waals surface area contributed by atoms with Gasteiger partial charge in [0.05, 0.1) is 0 Å². The number of halogens is 2. The standard InChI is InChI=1S/C7H4BrClN2/c8-5-1-4-2-6(9)11-7(4)10-3-5/h1-3H,(H,10,11). The smallest absolute Gasteiger partial charge is 0.138 e. The second kappa shape index (κ2) is 2.50. The highest BCUT2D eigenvalue weighted by Crippen LogP contribution is 2.19.